The first-order chi connectivity index (χ1) is 22.3. The molecule has 4 rings (SSSR count). The van der Waals surface area contributed by atoms with Gasteiger partial charge in [0.05, 0.1) is 35.1 Å². The zero-order valence-electron chi connectivity index (χ0n) is 28.9. The van der Waals surface area contributed by atoms with Gasteiger partial charge in [-0.1, -0.05) is 32.4 Å². The number of rotatable bonds is 12. The minimum atomic E-state index is -0.810. The van der Waals surface area contributed by atoms with E-state index in [2.05, 4.69) is 50.0 Å². The van der Waals surface area contributed by atoms with E-state index in [1.54, 1.807) is 31.0 Å². The Kier molecular flexibility index (Phi) is 13.3. The van der Waals surface area contributed by atoms with Gasteiger partial charge in [-0.15, -0.1) is 12.4 Å². The largest absolute Gasteiger partial charge is 0.494 e. The zero-order valence-corrected chi connectivity index (χ0v) is 30.5. The van der Waals surface area contributed by atoms with Crippen molar-refractivity contribution in [2.24, 2.45) is 5.41 Å². The second-order valence-corrected chi connectivity index (χ2v) is 13.2. The lowest BCUT2D eigenvalue weighted by molar-refractivity contribution is -0.143. The first-order valence-electron chi connectivity index (χ1n) is 16.1. The molecule has 48 heavy (non-hydrogen) atoms. The summed E-state index contributed by atoms with van der Waals surface area (Å²) in [5.74, 6) is 0.0237. The second kappa shape index (κ2) is 16.5. The highest BCUT2D eigenvalue weighted by molar-refractivity contribution is 6.33. The van der Waals surface area contributed by atoms with Crippen LogP contribution in [-0.4, -0.2) is 84.5 Å². The molecular formula is C34H48Cl2N8O4. The third-order valence-corrected chi connectivity index (χ3v) is 8.90. The van der Waals surface area contributed by atoms with E-state index in [0.717, 1.165) is 24.5 Å². The van der Waals surface area contributed by atoms with Gasteiger partial charge in [-0.25, -0.2) is 9.97 Å². The summed E-state index contributed by atoms with van der Waals surface area (Å²) >= 11 is 6.64. The Bertz CT molecular complexity index is 1610. The Hall–Kier alpha value is -3.87. The number of halogens is 2. The molecule has 12 nitrogen and oxygen atoms in total. The molecule has 0 spiro atoms. The van der Waals surface area contributed by atoms with Crippen molar-refractivity contribution < 1.29 is 19.1 Å². The molecule has 1 unspecified atom stereocenters. The van der Waals surface area contributed by atoms with E-state index in [4.69, 9.17) is 16.3 Å². The van der Waals surface area contributed by atoms with Crippen LogP contribution in [0.4, 0.5) is 22.9 Å². The summed E-state index contributed by atoms with van der Waals surface area (Å²) in [5.41, 5.74) is 2.15. The van der Waals surface area contributed by atoms with E-state index in [1.807, 2.05) is 39.0 Å². The number of nitrogens with zero attached hydrogens (tertiary/aromatic N) is 4. The summed E-state index contributed by atoms with van der Waals surface area (Å²) in [6.07, 6.45) is 2.61. The number of likely N-dealkylation sites (tertiary alicyclic amines) is 1. The van der Waals surface area contributed by atoms with Gasteiger partial charge >= 0.3 is 0 Å². The number of anilines is 4. The van der Waals surface area contributed by atoms with Gasteiger partial charge in [0.2, 0.25) is 17.7 Å². The number of hydrogen-bond donors (Lipinski definition) is 4. The normalized spacial score (nSPS) is 15.7. The maximum Gasteiger partial charge on any atom is 0.247 e. The molecule has 1 aromatic heterocycles. The van der Waals surface area contributed by atoms with E-state index < -0.39 is 23.5 Å². The average molecular weight is 704 g/mol. The number of benzene rings is 2. The van der Waals surface area contributed by atoms with E-state index in [1.165, 1.54) is 13.4 Å². The van der Waals surface area contributed by atoms with Crippen molar-refractivity contribution in [2.75, 3.05) is 49.3 Å². The number of amides is 3. The van der Waals surface area contributed by atoms with Crippen LogP contribution in [-0.2, 0) is 14.4 Å². The monoisotopic (exact) mass is 702 g/mol. The van der Waals surface area contributed by atoms with E-state index in [-0.39, 0.29) is 30.1 Å². The number of aromatic nitrogens is 2. The molecule has 3 aromatic rings. The molecule has 0 saturated carbocycles. The van der Waals surface area contributed by atoms with Crippen LogP contribution in [0.5, 0.6) is 5.75 Å². The van der Waals surface area contributed by atoms with Crippen molar-refractivity contribution in [1.29, 1.82) is 0 Å². The van der Waals surface area contributed by atoms with Crippen molar-refractivity contribution in [2.45, 2.75) is 72.5 Å². The van der Waals surface area contributed by atoms with Crippen molar-refractivity contribution in [3.8, 4) is 5.75 Å². The highest BCUT2D eigenvalue weighted by atomic mass is 35.5. The molecule has 2 heterocycles. The quantitative estimate of drug-likeness (QED) is 0.196. The molecule has 1 fully saturated rings. The topological polar surface area (TPSA) is 141 Å². The smallest absolute Gasteiger partial charge is 0.247 e. The summed E-state index contributed by atoms with van der Waals surface area (Å²) in [7, 11) is 3.20. The lowest BCUT2D eigenvalue weighted by Crippen LogP contribution is -2.59. The molecule has 1 aliphatic rings. The predicted molar refractivity (Wildman–Crippen MR) is 195 cm³/mol. The fraction of sp³-hybridized carbons (Fsp3) is 0.500. The number of carbonyl (C=O) groups is 3. The molecule has 3 amide bonds. The Balaban J connectivity index is 0.00000625. The Morgan fingerprint density at radius 2 is 1.83 bits per heavy atom. The number of ether oxygens (including phenoxy) is 1. The van der Waals surface area contributed by atoms with Crippen molar-refractivity contribution >= 4 is 75.5 Å². The van der Waals surface area contributed by atoms with E-state index in [0.29, 0.717) is 52.6 Å². The SMILES string of the molecule is CCN(CC)c1ccc(Nc2ncnc3cc(OC)c(NC(=O)C4CCCN4C(=O)[C@@H](NC(=O)[C@H](C)NC)C(C)(C)C)cc23)cc1Cl.Cl. The van der Waals surface area contributed by atoms with Crippen molar-refractivity contribution in [1.82, 2.24) is 25.5 Å². The summed E-state index contributed by atoms with van der Waals surface area (Å²) in [5, 5.41) is 13.4. The van der Waals surface area contributed by atoms with Crippen molar-refractivity contribution in [3.63, 3.8) is 0 Å². The zero-order chi connectivity index (χ0) is 34.5. The Morgan fingerprint density at radius 3 is 2.44 bits per heavy atom. The van der Waals surface area contributed by atoms with Crippen LogP contribution in [0.25, 0.3) is 10.9 Å². The van der Waals surface area contributed by atoms with Gasteiger partial charge in [0.25, 0.3) is 0 Å². The number of fused-ring (bicyclic) bond motifs is 1. The molecule has 0 aliphatic carbocycles. The number of hydrogen-bond acceptors (Lipinski definition) is 9. The van der Waals surface area contributed by atoms with Gasteiger partial charge in [-0.2, -0.15) is 0 Å². The molecule has 2 aromatic carbocycles. The lowest BCUT2D eigenvalue weighted by atomic mass is 9.85. The van der Waals surface area contributed by atoms with Crippen LogP contribution in [0, 0.1) is 5.41 Å². The van der Waals surface area contributed by atoms with E-state index >= 15 is 0 Å². The second-order valence-electron chi connectivity index (χ2n) is 12.8. The van der Waals surface area contributed by atoms with E-state index in [9.17, 15) is 14.4 Å². The third-order valence-electron chi connectivity index (χ3n) is 8.59. The predicted octanol–water partition coefficient (Wildman–Crippen LogP) is 5.37. The fourth-order valence-electron chi connectivity index (χ4n) is 5.72. The summed E-state index contributed by atoms with van der Waals surface area (Å²) in [6.45, 7) is 13.7. The minimum absolute atomic E-state index is 0. The fourth-order valence-corrected chi connectivity index (χ4v) is 6.02. The Labute approximate surface area is 294 Å². The summed E-state index contributed by atoms with van der Waals surface area (Å²) < 4.78 is 5.63. The van der Waals surface area contributed by atoms with Crippen LogP contribution in [0.2, 0.25) is 5.02 Å². The third kappa shape index (κ3) is 8.58. The first-order valence-corrected chi connectivity index (χ1v) is 16.4. The van der Waals surface area contributed by atoms with Gasteiger partial charge in [-0.05, 0) is 70.3 Å². The molecule has 14 heteroatoms. The standard InChI is InChI=1S/C34H47ClN8O4.ClH/c1-9-42(10-2)26-14-13-21(16-23(26)35)39-30-22-17-25(28(47-8)18-24(22)37-19-38-30)40-32(45)27-12-11-15-43(27)33(46)29(34(4,5)6)41-31(44)20(3)36-7;/h13-14,16-20,27,29,36H,9-12,15H2,1-8H3,(H,40,45)(H,41,44)(H,37,38,39);1H/t20-,27?,29+;/m0./s1. The van der Waals surface area contributed by atoms with Crippen LogP contribution >= 0.6 is 24.0 Å². The lowest BCUT2D eigenvalue weighted by Gasteiger charge is -2.36. The van der Waals surface area contributed by atoms with Crippen LogP contribution in [0.3, 0.4) is 0 Å². The number of likely N-dealkylation sites (N-methyl/N-ethyl adjacent to an activating group) is 1. The van der Waals surface area contributed by atoms with Gasteiger partial charge in [0.15, 0.2) is 0 Å². The maximum atomic E-state index is 13.9. The Morgan fingerprint density at radius 1 is 1.12 bits per heavy atom. The summed E-state index contributed by atoms with van der Waals surface area (Å²) in [6, 6.07) is 7.27. The summed E-state index contributed by atoms with van der Waals surface area (Å²) in [4.78, 5) is 53.1. The molecular weight excluding hydrogens is 655 g/mol. The average Bonchev–Trinajstić information content (AvgIpc) is 3.54. The molecule has 262 valence electrons. The number of nitrogens with one attached hydrogen (secondary N) is 4. The molecule has 1 saturated heterocycles. The number of methoxy groups -OCH3 is 1. The minimum Gasteiger partial charge on any atom is -0.494 e. The molecule has 1 aliphatic heterocycles. The van der Waals surface area contributed by atoms with Gasteiger partial charge in [0.1, 0.15) is 30.0 Å². The molecule has 4 N–H and O–H groups in total. The first kappa shape index (κ1) is 38.6. The van der Waals surface area contributed by atoms with Gasteiger partial charge < -0.3 is 35.8 Å². The highest BCUT2D eigenvalue weighted by Crippen LogP contribution is 2.35. The van der Waals surface area contributed by atoms with Gasteiger partial charge in [0, 0.05) is 36.8 Å². The molecule has 0 bridgehead atoms. The van der Waals surface area contributed by atoms with Crippen LogP contribution < -0.4 is 30.9 Å². The van der Waals surface area contributed by atoms with Crippen molar-refractivity contribution in [3.05, 3.63) is 41.7 Å². The highest BCUT2D eigenvalue weighted by Gasteiger charge is 2.42. The molecule has 3 atom stereocenters. The van der Waals surface area contributed by atoms with Crippen LogP contribution in [0.15, 0.2) is 36.7 Å². The molecule has 0 radical (unpaired) electrons. The number of carbonyl (C=O) groups excluding carboxylic acids is 3. The van der Waals surface area contributed by atoms with Crippen LogP contribution in [0.1, 0.15) is 54.4 Å². The van der Waals surface area contributed by atoms with Gasteiger partial charge in [-0.3, -0.25) is 14.4 Å². The maximum absolute atomic E-state index is 13.9.